The first-order valence-electron chi connectivity index (χ1n) is 8.42. The zero-order valence-electron chi connectivity index (χ0n) is 15.0. The van der Waals surface area contributed by atoms with E-state index >= 15 is 0 Å². The Morgan fingerprint density at radius 3 is 2.11 bits per heavy atom. The zero-order valence-corrected chi connectivity index (χ0v) is 15.8. The monoisotopic (exact) mass is 384 g/mol. The molecule has 3 rings (SSSR count). The Bertz CT molecular complexity index is 1010. The molecular formula is C20H20N2O4S. The highest BCUT2D eigenvalue weighted by Crippen LogP contribution is 2.22. The molecule has 0 aliphatic rings. The summed E-state index contributed by atoms with van der Waals surface area (Å²) in [6.45, 7) is 3.20. The van der Waals surface area contributed by atoms with Gasteiger partial charge < -0.3 is 9.73 Å². The third-order valence-electron chi connectivity index (χ3n) is 3.98. The average molecular weight is 384 g/mol. The summed E-state index contributed by atoms with van der Waals surface area (Å²) in [4.78, 5) is 12.4. The second-order valence-corrected chi connectivity index (χ2v) is 8.52. The molecule has 1 amide bonds. The Labute approximate surface area is 158 Å². The largest absolute Gasteiger partial charge is 0.464 e. The van der Waals surface area contributed by atoms with Gasteiger partial charge in [-0.25, -0.2) is 8.42 Å². The molecule has 1 aromatic heterocycles. The Kier molecular flexibility index (Phi) is 5.32. The molecule has 0 fully saturated rings. The Morgan fingerprint density at radius 1 is 0.926 bits per heavy atom. The smallest absolute Gasteiger partial charge is 0.255 e. The lowest BCUT2D eigenvalue weighted by molar-refractivity contribution is 0.102. The summed E-state index contributed by atoms with van der Waals surface area (Å²) in [5, 5.41) is 2.27. The normalized spacial score (nSPS) is 11.4. The molecule has 0 radical (unpaired) electrons. The predicted molar refractivity (Wildman–Crippen MR) is 106 cm³/mol. The van der Waals surface area contributed by atoms with Gasteiger partial charge in [0.05, 0.1) is 11.5 Å². The van der Waals surface area contributed by atoms with E-state index in [1.54, 1.807) is 56.5 Å². The fraction of sp³-hybridized carbons (Fsp3) is 0.150. The molecule has 140 valence electrons. The zero-order chi connectivity index (χ0) is 19.4. The summed E-state index contributed by atoms with van der Waals surface area (Å²) in [6, 6.07) is 17.3. The van der Waals surface area contributed by atoms with Crippen molar-refractivity contribution >= 4 is 27.3 Å². The summed E-state index contributed by atoms with van der Waals surface area (Å²) >= 11 is 0. The number of furan rings is 1. The summed E-state index contributed by atoms with van der Waals surface area (Å²) < 4.78 is 31.6. The van der Waals surface area contributed by atoms with Crippen molar-refractivity contribution in [3.63, 3.8) is 0 Å². The third-order valence-corrected chi connectivity index (χ3v) is 5.74. The van der Waals surface area contributed by atoms with Crippen LogP contribution in [-0.4, -0.2) is 19.6 Å². The maximum Gasteiger partial charge on any atom is 0.255 e. The topological polar surface area (TPSA) is 88.4 Å². The van der Waals surface area contributed by atoms with Crippen molar-refractivity contribution in [3.8, 4) is 11.3 Å². The predicted octanol–water partition coefficient (Wildman–Crippen LogP) is 4.35. The van der Waals surface area contributed by atoms with E-state index in [-0.39, 0.29) is 5.91 Å². The fourth-order valence-electron chi connectivity index (χ4n) is 2.34. The number of amides is 1. The minimum Gasteiger partial charge on any atom is -0.464 e. The number of carbonyl (C=O) groups is 1. The van der Waals surface area contributed by atoms with Crippen LogP contribution < -0.4 is 10.0 Å². The number of sulfonamides is 1. The van der Waals surface area contributed by atoms with Gasteiger partial charge in [0.1, 0.15) is 5.76 Å². The number of rotatable bonds is 6. The van der Waals surface area contributed by atoms with E-state index < -0.39 is 15.3 Å². The number of hydrogen-bond donors (Lipinski definition) is 2. The Balaban J connectivity index is 1.66. The van der Waals surface area contributed by atoms with E-state index in [4.69, 9.17) is 4.42 Å². The second kappa shape index (κ2) is 7.67. The van der Waals surface area contributed by atoms with Crippen molar-refractivity contribution < 1.29 is 17.6 Å². The number of nitrogens with one attached hydrogen (secondary N) is 2. The van der Waals surface area contributed by atoms with Gasteiger partial charge in [-0.05, 0) is 74.5 Å². The second-order valence-electron chi connectivity index (χ2n) is 6.28. The quantitative estimate of drug-likeness (QED) is 0.661. The van der Waals surface area contributed by atoms with Crippen LogP contribution in [0.4, 0.5) is 11.4 Å². The molecule has 1 heterocycles. The van der Waals surface area contributed by atoms with E-state index in [0.717, 1.165) is 11.3 Å². The number of anilines is 2. The standard InChI is InChI=1S/C20H20N2O4S/c1-14(2)27(24,25)22-18-11-7-16(8-12-18)20(23)21-17-9-5-15(6-10-17)19-4-3-13-26-19/h3-14,22H,1-2H3,(H,21,23). The third kappa shape index (κ3) is 4.57. The van der Waals surface area contributed by atoms with Crippen LogP contribution >= 0.6 is 0 Å². The van der Waals surface area contributed by atoms with Crippen molar-refractivity contribution in [2.75, 3.05) is 10.0 Å². The SMILES string of the molecule is CC(C)S(=O)(=O)Nc1ccc(C(=O)Nc2ccc(-c3ccco3)cc2)cc1. The Hall–Kier alpha value is -3.06. The molecule has 0 bridgehead atoms. The van der Waals surface area contributed by atoms with E-state index in [0.29, 0.717) is 16.9 Å². The van der Waals surface area contributed by atoms with Crippen LogP contribution in [0.1, 0.15) is 24.2 Å². The van der Waals surface area contributed by atoms with Crippen LogP contribution in [0.2, 0.25) is 0 Å². The van der Waals surface area contributed by atoms with Crippen LogP contribution in [0.5, 0.6) is 0 Å². The summed E-state index contributed by atoms with van der Waals surface area (Å²) in [5.74, 6) is 0.478. The molecule has 27 heavy (non-hydrogen) atoms. The maximum absolute atomic E-state index is 12.4. The lowest BCUT2D eigenvalue weighted by Gasteiger charge is -2.11. The molecule has 3 aromatic rings. The maximum atomic E-state index is 12.4. The van der Waals surface area contributed by atoms with Gasteiger partial charge in [0.15, 0.2) is 0 Å². The van der Waals surface area contributed by atoms with Gasteiger partial charge in [-0.15, -0.1) is 0 Å². The van der Waals surface area contributed by atoms with E-state index in [2.05, 4.69) is 10.0 Å². The molecule has 0 unspecified atom stereocenters. The minimum absolute atomic E-state index is 0.279. The van der Waals surface area contributed by atoms with Gasteiger partial charge in [-0.2, -0.15) is 0 Å². The van der Waals surface area contributed by atoms with Crippen LogP contribution in [-0.2, 0) is 10.0 Å². The first kappa shape index (κ1) is 18.7. The number of hydrogen-bond acceptors (Lipinski definition) is 4. The highest BCUT2D eigenvalue weighted by atomic mass is 32.2. The molecule has 6 nitrogen and oxygen atoms in total. The van der Waals surface area contributed by atoms with Gasteiger partial charge in [0.25, 0.3) is 5.91 Å². The minimum atomic E-state index is -3.41. The van der Waals surface area contributed by atoms with Crippen molar-refractivity contribution in [2.24, 2.45) is 0 Å². The molecular weight excluding hydrogens is 364 g/mol. The summed E-state index contributed by atoms with van der Waals surface area (Å²) in [5.41, 5.74) is 2.42. The van der Waals surface area contributed by atoms with Gasteiger partial charge >= 0.3 is 0 Å². The molecule has 0 atom stereocenters. The van der Waals surface area contributed by atoms with Crippen molar-refractivity contribution in [2.45, 2.75) is 19.1 Å². The van der Waals surface area contributed by atoms with Gasteiger partial charge in [-0.3, -0.25) is 9.52 Å². The fourth-order valence-corrected chi connectivity index (χ4v) is 3.04. The molecule has 0 aliphatic carbocycles. The van der Waals surface area contributed by atoms with E-state index in [1.165, 1.54) is 0 Å². The first-order valence-corrected chi connectivity index (χ1v) is 9.97. The highest BCUT2D eigenvalue weighted by molar-refractivity contribution is 7.93. The highest BCUT2D eigenvalue weighted by Gasteiger charge is 2.15. The molecule has 0 aliphatic heterocycles. The van der Waals surface area contributed by atoms with Gasteiger partial charge in [0, 0.05) is 22.5 Å². The molecule has 0 spiro atoms. The summed E-state index contributed by atoms with van der Waals surface area (Å²) in [7, 11) is -3.41. The number of benzene rings is 2. The average Bonchev–Trinajstić information content (AvgIpc) is 3.17. The van der Waals surface area contributed by atoms with Crippen LogP contribution in [0.3, 0.4) is 0 Å². The van der Waals surface area contributed by atoms with Crippen molar-refractivity contribution in [1.29, 1.82) is 0 Å². The lowest BCUT2D eigenvalue weighted by Crippen LogP contribution is -2.22. The molecule has 2 aromatic carbocycles. The van der Waals surface area contributed by atoms with Crippen LogP contribution in [0, 0.1) is 0 Å². The molecule has 0 saturated heterocycles. The van der Waals surface area contributed by atoms with Gasteiger partial charge in [-0.1, -0.05) is 0 Å². The number of carbonyl (C=O) groups excluding carboxylic acids is 1. The van der Waals surface area contributed by atoms with E-state index in [9.17, 15) is 13.2 Å². The Morgan fingerprint density at radius 2 is 1.56 bits per heavy atom. The molecule has 7 heteroatoms. The molecule has 0 saturated carbocycles. The first-order chi connectivity index (χ1) is 12.8. The van der Waals surface area contributed by atoms with Crippen molar-refractivity contribution in [1.82, 2.24) is 0 Å². The summed E-state index contributed by atoms with van der Waals surface area (Å²) in [6.07, 6.45) is 1.61. The molecule has 2 N–H and O–H groups in total. The van der Waals surface area contributed by atoms with Crippen molar-refractivity contribution in [3.05, 3.63) is 72.5 Å². The van der Waals surface area contributed by atoms with Crippen LogP contribution in [0.15, 0.2) is 71.3 Å². The lowest BCUT2D eigenvalue weighted by atomic mass is 10.1. The van der Waals surface area contributed by atoms with Gasteiger partial charge in [0.2, 0.25) is 10.0 Å². The van der Waals surface area contributed by atoms with E-state index in [1.807, 2.05) is 24.3 Å². The van der Waals surface area contributed by atoms with Crippen LogP contribution in [0.25, 0.3) is 11.3 Å².